The zero-order chi connectivity index (χ0) is 13.5. The van der Waals surface area contributed by atoms with Crippen molar-refractivity contribution in [1.29, 1.82) is 0 Å². The molecule has 0 radical (unpaired) electrons. The Morgan fingerprint density at radius 1 is 1.37 bits per heavy atom. The Hall–Kier alpha value is -1.43. The number of carbonyl (C=O) groups excluding carboxylic acids is 1. The first kappa shape index (κ1) is 12.6. The van der Waals surface area contributed by atoms with Crippen LogP contribution in [0.1, 0.15) is 12.0 Å². The Morgan fingerprint density at radius 3 is 2.84 bits per heavy atom. The summed E-state index contributed by atoms with van der Waals surface area (Å²) in [6.07, 6.45) is -1.05. The highest BCUT2D eigenvalue weighted by Crippen LogP contribution is 2.38. The highest BCUT2D eigenvalue weighted by molar-refractivity contribution is 5.81. The lowest BCUT2D eigenvalue weighted by molar-refractivity contribution is -0.136. The molecule has 3 rings (SSSR count). The Labute approximate surface area is 111 Å². The number of nitrogens with zero attached hydrogens (tertiary/aromatic N) is 1. The molecule has 2 N–H and O–H groups in total. The van der Waals surface area contributed by atoms with Crippen LogP contribution < -0.4 is 0 Å². The Kier molecular flexibility index (Phi) is 3.05. The molecule has 0 bridgehead atoms. The number of rotatable bonds is 3. The third-order valence-corrected chi connectivity index (χ3v) is 3.94. The average molecular weight is 263 g/mol. The molecule has 2 saturated heterocycles. The average Bonchev–Trinajstić information content (AvgIpc) is 2.82. The van der Waals surface area contributed by atoms with Gasteiger partial charge in [-0.2, -0.15) is 0 Å². The first-order chi connectivity index (χ1) is 9.11. The van der Waals surface area contributed by atoms with E-state index in [1.54, 1.807) is 0 Å². The predicted molar refractivity (Wildman–Crippen MR) is 67.2 cm³/mol. The van der Waals surface area contributed by atoms with Crippen LogP contribution in [-0.4, -0.2) is 52.1 Å². The lowest BCUT2D eigenvalue weighted by atomic mass is 9.97. The fraction of sp³-hybridized carbons (Fsp3) is 0.500. The van der Waals surface area contributed by atoms with E-state index in [1.807, 2.05) is 30.3 Å². The molecule has 2 aliphatic rings. The third kappa shape index (κ3) is 2.04. The fourth-order valence-corrected chi connectivity index (χ4v) is 2.81. The fourth-order valence-electron chi connectivity index (χ4n) is 2.81. The van der Waals surface area contributed by atoms with Crippen molar-refractivity contribution in [3.05, 3.63) is 35.9 Å². The van der Waals surface area contributed by atoms with Gasteiger partial charge in [0.15, 0.2) is 6.23 Å². The molecule has 2 heterocycles. The van der Waals surface area contributed by atoms with Gasteiger partial charge in [0.1, 0.15) is 11.7 Å². The number of hydrogen-bond donors (Lipinski definition) is 2. The van der Waals surface area contributed by atoms with E-state index in [4.69, 9.17) is 4.74 Å². The maximum atomic E-state index is 11.9. The van der Waals surface area contributed by atoms with Gasteiger partial charge in [-0.05, 0) is 12.0 Å². The van der Waals surface area contributed by atoms with Crippen molar-refractivity contribution in [2.24, 2.45) is 0 Å². The molecule has 19 heavy (non-hydrogen) atoms. The second kappa shape index (κ2) is 4.59. The maximum Gasteiger partial charge on any atom is 0.227 e. The van der Waals surface area contributed by atoms with Gasteiger partial charge in [0.25, 0.3) is 0 Å². The van der Waals surface area contributed by atoms with Crippen LogP contribution >= 0.6 is 0 Å². The lowest BCUT2D eigenvalue weighted by Gasteiger charge is -2.27. The third-order valence-electron chi connectivity index (χ3n) is 3.94. The second-order valence-corrected chi connectivity index (χ2v) is 5.19. The number of benzene rings is 1. The predicted octanol–water partition coefficient (Wildman–Crippen LogP) is -0.0903. The molecule has 0 saturated carbocycles. The molecule has 0 spiro atoms. The molecule has 0 aliphatic carbocycles. The monoisotopic (exact) mass is 263 g/mol. The molecule has 5 heteroatoms. The number of likely N-dealkylation sites (tertiary alicyclic amines) is 1. The zero-order valence-corrected chi connectivity index (χ0v) is 10.5. The Balaban J connectivity index is 1.70. The number of fused-ring (bicyclic) bond motifs is 1. The van der Waals surface area contributed by atoms with Crippen LogP contribution in [0, 0.1) is 0 Å². The highest BCUT2D eigenvalue weighted by Gasteiger charge is 2.59. The van der Waals surface area contributed by atoms with E-state index in [-0.39, 0.29) is 18.9 Å². The van der Waals surface area contributed by atoms with Crippen molar-refractivity contribution in [3.63, 3.8) is 0 Å². The Morgan fingerprint density at radius 2 is 2.11 bits per heavy atom. The van der Waals surface area contributed by atoms with Gasteiger partial charge in [0.05, 0.1) is 13.0 Å². The van der Waals surface area contributed by atoms with E-state index in [1.165, 1.54) is 4.90 Å². The molecule has 1 aromatic carbocycles. The quantitative estimate of drug-likeness (QED) is 0.799. The van der Waals surface area contributed by atoms with Crippen LogP contribution in [0.2, 0.25) is 0 Å². The van der Waals surface area contributed by atoms with E-state index in [9.17, 15) is 15.0 Å². The molecule has 1 amide bonds. The molecule has 5 nitrogen and oxygen atoms in total. The largest absolute Gasteiger partial charge is 0.387 e. The molecule has 1 aromatic rings. The van der Waals surface area contributed by atoms with Gasteiger partial charge in [-0.1, -0.05) is 30.3 Å². The van der Waals surface area contributed by atoms with Gasteiger partial charge in [-0.25, -0.2) is 0 Å². The second-order valence-electron chi connectivity index (χ2n) is 5.19. The van der Waals surface area contributed by atoms with E-state index in [2.05, 4.69) is 0 Å². The van der Waals surface area contributed by atoms with Gasteiger partial charge >= 0.3 is 0 Å². The number of carbonyl (C=O) groups is 1. The first-order valence-electron chi connectivity index (χ1n) is 6.47. The summed E-state index contributed by atoms with van der Waals surface area (Å²) < 4.78 is 5.37. The summed E-state index contributed by atoms with van der Waals surface area (Å²) in [6, 6.07) is 9.84. The van der Waals surface area contributed by atoms with Crippen molar-refractivity contribution >= 4 is 5.91 Å². The summed E-state index contributed by atoms with van der Waals surface area (Å²) in [5, 5.41) is 20.0. The van der Waals surface area contributed by atoms with Crippen LogP contribution in [-0.2, 0) is 16.0 Å². The van der Waals surface area contributed by atoms with Gasteiger partial charge < -0.3 is 19.8 Å². The lowest BCUT2D eigenvalue weighted by Crippen LogP contribution is -2.47. The molecule has 2 aliphatic heterocycles. The molecule has 0 unspecified atom stereocenters. The van der Waals surface area contributed by atoms with Crippen molar-refractivity contribution in [1.82, 2.24) is 4.90 Å². The smallest absolute Gasteiger partial charge is 0.227 e. The molecule has 102 valence electrons. The van der Waals surface area contributed by atoms with Gasteiger partial charge in [-0.3, -0.25) is 4.79 Å². The zero-order valence-electron chi connectivity index (χ0n) is 10.5. The first-order valence-corrected chi connectivity index (χ1v) is 6.47. The van der Waals surface area contributed by atoms with Gasteiger partial charge in [0, 0.05) is 6.54 Å². The summed E-state index contributed by atoms with van der Waals surface area (Å²) >= 11 is 0. The maximum absolute atomic E-state index is 11.9. The summed E-state index contributed by atoms with van der Waals surface area (Å²) in [5.41, 5.74) is -0.308. The molecule has 2 fully saturated rings. The normalized spacial score (nSPS) is 33.8. The van der Waals surface area contributed by atoms with E-state index in [0.717, 1.165) is 5.56 Å². The summed E-state index contributed by atoms with van der Waals surface area (Å²) in [7, 11) is 0. The highest BCUT2D eigenvalue weighted by atomic mass is 16.6. The minimum atomic E-state index is -1.44. The summed E-state index contributed by atoms with van der Waals surface area (Å²) in [5.74, 6) is -0.165. The number of hydrogen-bond acceptors (Lipinski definition) is 4. The topological polar surface area (TPSA) is 70.0 Å². The van der Waals surface area contributed by atoms with Gasteiger partial charge in [0.2, 0.25) is 5.91 Å². The van der Waals surface area contributed by atoms with E-state index >= 15 is 0 Å². The summed E-state index contributed by atoms with van der Waals surface area (Å²) in [4.78, 5) is 13.5. The van der Waals surface area contributed by atoms with Crippen LogP contribution in [0.3, 0.4) is 0 Å². The van der Waals surface area contributed by atoms with E-state index < -0.39 is 17.9 Å². The van der Waals surface area contributed by atoms with Crippen LogP contribution in [0.15, 0.2) is 30.3 Å². The molecular weight excluding hydrogens is 246 g/mol. The van der Waals surface area contributed by atoms with Crippen LogP contribution in [0.25, 0.3) is 0 Å². The SMILES string of the molecule is O=C1C[C@]2(O)[C@H](O)CO[C@@H]2N1CCc1ccccc1. The number of aliphatic hydroxyl groups is 2. The van der Waals surface area contributed by atoms with Crippen molar-refractivity contribution in [2.45, 2.75) is 30.8 Å². The minimum Gasteiger partial charge on any atom is -0.387 e. The Bertz CT molecular complexity index is 478. The minimum absolute atomic E-state index is 0.0619. The van der Waals surface area contributed by atoms with Crippen molar-refractivity contribution in [2.75, 3.05) is 13.2 Å². The molecular formula is C14H17NO4. The van der Waals surface area contributed by atoms with E-state index in [0.29, 0.717) is 13.0 Å². The molecule has 0 aromatic heterocycles. The number of aliphatic hydroxyl groups excluding tert-OH is 1. The molecule has 3 atom stereocenters. The number of amides is 1. The van der Waals surface area contributed by atoms with Gasteiger partial charge in [-0.15, -0.1) is 0 Å². The standard InChI is InChI=1S/C14H17NO4/c16-11-9-19-13-14(11,18)8-12(17)15(13)7-6-10-4-2-1-3-5-10/h1-5,11,13,16,18H,6-9H2/t11-,13+,14+/m1/s1. The van der Waals surface area contributed by atoms with Crippen LogP contribution in [0.4, 0.5) is 0 Å². The number of ether oxygens (including phenoxy) is 1. The summed E-state index contributed by atoms with van der Waals surface area (Å²) in [6.45, 7) is 0.568. The van der Waals surface area contributed by atoms with Crippen LogP contribution in [0.5, 0.6) is 0 Å². The van der Waals surface area contributed by atoms with Crippen molar-refractivity contribution in [3.8, 4) is 0 Å². The van der Waals surface area contributed by atoms with Crippen molar-refractivity contribution < 1.29 is 19.7 Å².